The second kappa shape index (κ2) is 9.87. The molecular weight excluding hydrogens is 444 g/mol. The normalized spacial score (nSPS) is 14.3. The standard InChI is InChI=1S/C23H24N4O7/c1-15-2-3-16(12-19(15)27(31)32)14-33-23(30)26-10-8-25(9-11-26)7-6-20(28)17-4-5-18-21(13-17)34-22(29)24-18/h2-5,12-13H,6-11,14H2,1H3,(H,24,29). The number of H-pyrrole nitrogens is 1. The van der Waals surface area contributed by atoms with Crippen molar-refractivity contribution < 1.29 is 23.7 Å². The van der Waals surface area contributed by atoms with Crippen LogP contribution in [0.2, 0.25) is 0 Å². The first-order chi connectivity index (χ1) is 16.3. The van der Waals surface area contributed by atoms with E-state index in [1.807, 2.05) is 0 Å². The highest BCUT2D eigenvalue weighted by Crippen LogP contribution is 2.20. The van der Waals surface area contributed by atoms with Crippen LogP contribution in [-0.2, 0) is 11.3 Å². The van der Waals surface area contributed by atoms with Crippen LogP contribution in [0.5, 0.6) is 0 Å². The molecule has 1 amide bonds. The first kappa shape index (κ1) is 23.2. The third-order valence-corrected chi connectivity index (χ3v) is 5.86. The van der Waals surface area contributed by atoms with Gasteiger partial charge >= 0.3 is 11.8 Å². The summed E-state index contributed by atoms with van der Waals surface area (Å²) in [7, 11) is 0. The lowest BCUT2D eigenvalue weighted by atomic mass is 10.1. The molecular formula is C23H24N4O7. The summed E-state index contributed by atoms with van der Waals surface area (Å²) in [6.07, 6.45) is -0.170. The summed E-state index contributed by atoms with van der Waals surface area (Å²) in [5, 5.41) is 11.1. The fourth-order valence-electron chi connectivity index (χ4n) is 3.85. The number of ketones is 1. The Morgan fingerprint density at radius 3 is 2.65 bits per heavy atom. The zero-order valence-electron chi connectivity index (χ0n) is 18.6. The van der Waals surface area contributed by atoms with Crippen molar-refractivity contribution in [2.45, 2.75) is 20.0 Å². The summed E-state index contributed by atoms with van der Waals surface area (Å²) in [6, 6.07) is 9.62. The number of nitrogens with one attached hydrogen (secondary N) is 1. The minimum absolute atomic E-state index is 0.00530. The van der Waals surface area contributed by atoms with E-state index >= 15 is 0 Å². The molecule has 2 heterocycles. The van der Waals surface area contributed by atoms with Crippen molar-refractivity contribution in [2.24, 2.45) is 0 Å². The molecule has 0 atom stereocenters. The number of aromatic amines is 1. The average molecular weight is 468 g/mol. The van der Waals surface area contributed by atoms with E-state index in [0.717, 1.165) is 0 Å². The van der Waals surface area contributed by atoms with Crippen LogP contribution in [0.4, 0.5) is 10.5 Å². The molecule has 1 saturated heterocycles. The lowest BCUT2D eigenvalue weighted by Crippen LogP contribution is -2.49. The number of ether oxygens (including phenoxy) is 1. The summed E-state index contributed by atoms with van der Waals surface area (Å²) < 4.78 is 10.3. The molecule has 34 heavy (non-hydrogen) atoms. The minimum Gasteiger partial charge on any atom is -0.445 e. The highest BCUT2D eigenvalue weighted by atomic mass is 16.6. The average Bonchev–Trinajstić information content (AvgIpc) is 3.21. The third-order valence-electron chi connectivity index (χ3n) is 5.86. The lowest BCUT2D eigenvalue weighted by molar-refractivity contribution is -0.385. The Morgan fingerprint density at radius 2 is 1.91 bits per heavy atom. The van der Waals surface area contributed by atoms with E-state index in [1.54, 1.807) is 42.2 Å². The van der Waals surface area contributed by atoms with Gasteiger partial charge in [-0.15, -0.1) is 0 Å². The molecule has 0 bridgehead atoms. The number of carbonyl (C=O) groups is 2. The Kier molecular flexibility index (Phi) is 6.73. The number of rotatable bonds is 7. The number of hydrogen-bond acceptors (Lipinski definition) is 8. The van der Waals surface area contributed by atoms with Gasteiger partial charge in [0.1, 0.15) is 6.61 Å². The third kappa shape index (κ3) is 5.31. The Hall–Kier alpha value is -3.99. The molecule has 11 heteroatoms. The fraction of sp³-hybridized carbons (Fsp3) is 0.348. The van der Waals surface area contributed by atoms with Crippen molar-refractivity contribution in [3.05, 3.63) is 73.8 Å². The molecule has 1 N–H and O–H groups in total. The number of piperazine rings is 1. The quantitative estimate of drug-likeness (QED) is 0.317. The minimum atomic E-state index is -0.559. The van der Waals surface area contributed by atoms with Crippen molar-refractivity contribution in [2.75, 3.05) is 32.7 Å². The molecule has 1 fully saturated rings. The number of hydrogen-bond donors (Lipinski definition) is 1. The van der Waals surface area contributed by atoms with Crippen molar-refractivity contribution >= 4 is 28.7 Å². The van der Waals surface area contributed by atoms with Crippen LogP contribution in [0, 0.1) is 17.0 Å². The van der Waals surface area contributed by atoms with Gasteiger partial charge in [0.05, 0.1) is 10.4 Å². The van der Waals surface area contributed by atoms with Gasteiger partial charge in [-0.25, -0.2) is 9.59 Å². The van der Waals surface area contributed by atoms with Crippen molar-refractivity contribution in [1.82, 2.24) is 14.8 Å². The molecule has 0 aliphatic carbocycles. The highest BCUT2D eigenvalue weighted by molar-refractivity contribution is 5.98. The van der Waals surface area contributed by atoms with Crippen LogP contribution in [0.3, 0.4) is 0 Å². The molecule has 1 aliphatic heterocycles. The largest absolute Gasteiger partial charge is 0.445 e. The molecule has 3 aromatic rings. The summed E-state index contributed by atoms with van der Waals surface area (Å²) in [6.45, 7) is 4.28. The van der Waals surface area contributed by atoms with Crippen LogP contribution in [-0.4, -0.2) is 64.3 Å². The smallest absolute Gasteiger partial charge is 0.417 e. The van der Waals surface area contributed by atoms with Gasteiger partial charge in [-0.05, 0) is 30.7 Å². The summed E-state index contributed by atoms with van der Waals surface area (Å²) in [5.74, 6) is -0.615. The van der Waals surface area contributed by atoms with E-state index in [9.17, 15) is 24.5 Å². The summed E-state index contributed by atoms with van der Waals surface area (Å²) >= 11 is 0. The Bertz CT molecular complexity index is 1290. The number of aryl methyl sites for hydroxylation is 1. The number of benzene rings is 2. The molecule has 2 aromatic carbocycles. The zero-order chi connectivity index (χ0) is 24.2. The Morgan fingerprint density at radius 1 is 1.15 bits per heavy atom. The monoisotopic (exact) mass is 468 g/mol. The number of oxazole rings is 1. The van der Waals surface area contributed by atoms with E-state index in [2.05, 4.69) is 9.88 Å². The molecule has 0 saturated carbocycles. The number of Topliss-reactive ketones (excluding diaryl/α,β-unsaturated/α-hetero) is 1. The van der Waals surface area contributed by atoms with E-state index < -0.39 is 16.8 Å². The summed E-state index contributed by atoms with van der Waals surface area (Å²) in [5.41, 5.74) is 2.47. The molecule has 1 aliphatic rings. The molecule has 4 rings (SSSR count). The number of nitro groups is 1. The second-order valence-corrected chi connectivity index (χ2v) is 8.16. The lowest BCUT2D eigenvalue weighted by Gasteiger charge is -2.33. The van der Waals surface area contributed by atoms with Gasteiger partial charge in [-0.3, -0.25) is 24.8 Å². The maximum Gasteiger partial charge on any atom is 0.417 e. The van der Waals surface area contributed by atoms with E-state index in [-0.39, 0.29) is 18.1 Å². The van der Waals surface area contributed by atoms with Crippen LogP contribution in [0.25, 0.3) is 11.1 Å². The van der Waals surface area contributed by atoms with Gasteiger partial charge < -0.3 is 14.1 Å². The van der Waals surface area contributed by atoms with Crippen molar-refractivity contribution in [3.63, 3.8) is 0 Å². The van der Waals surface area contributed by atoms with Gasteiger partial charge in [-0.2, -0.15) is 0 Å². The second-order valence-electron chi connectivity index (χ2n) is 8.16. The van der Waals surface area contributed by atoms with Crippen LogP contribution in [0.15, 0.2) is 45.6 Å². The SMILES string of the molecule is Cc1ccc(COC(=O)N2CCN(CCC(=O)c3ccc4[nH]c(=O)oc4c3)CC2)cc1[N+](=O)[O-]. The molecule has 0 unspecified atom stereocenters. The van der Waals surface area contributed by atoms with Gasteiger partial charge in [0.15, 0.2) is 11.4 Å². The number of carbonyl (C=O) groups excluding carboxylic acids is 2. The Balaban J connectivity index is 1.22. The summed E-state index contributed by atoms with van der Waals surface area (Å²) in [4.78, 5) is 53.0. The number of amides is 1. The van der Waals surface area contributed by atoms with E-state index in [0.29, 0.717) is 66.9 Å². The van der Waals surface area contributed by atoms with Gasteiger partial charge in [-0.1, -0.05) is 12.1 Å². The first-order valence-corrected chi connectivity index (χ1v) is 10.8. The van der Waals surface area contributed by atoms with Gasteiger partial charge in [0, 0.05) is 56.3 Å². The first-order valence-electron chi connectivity index (χ1n) is 10.8. The van der Waals surface area contributed by atoms with Crippen molar-refractivity contribution in [1.29, 1.82) is 0 Å². The van der Waals surface area contributed by atoms with Crippen LogP contribution < -0.4 is 5.76 Å². The number of nitro benzene ring substituents is 1. The van der Waals surface area contributed by atoms with E-state index in [4.69, 9.17) is 9.15 Å². The van der Waals surface area contributed by atoms with Crippen molar-refractivity contribution in [3.8, 4) is 0 Å². The highest BCUT2D eigenvalue weighted by Gasteiger charge is 2.23. The Labute approximate surface area is 194 Å². The molecule has 178 valence electrons. The number of nitrogens with zero attached hydrogens (tertiary/aromatic N) is 3. The fourth-order valence-corrected chi connectivity index (χ4v) is 3.85. The molecule has 1 aromatic heterocycles. The predicted molar refractivity (Wildman–Crippen MR) is 122 cm³/mol. The molecule has 0 spiro atoms. The van der Waals surface area contributed by atoms with E-state index in [1.165, 1.54) is 6.07 Å². The maximum atomic E-state index is 12.5. The predicted octanol–water partition coefficient (Wildman–Crippen LogP) is 2.86. The van der Waals surface area contributed by atoms with Gasteiger partial charge in [0.2, 0.25) is 0 Å². The van der Waals surface area contributed by atoms with Crippen LogP contribution >= 0.6 is 0 Å². The zero-order valence-corrected chi connectivity index (χ0v) is 18.6. The van der Waals surface area contributed by atoms with Crippen LogP contribution in [0.1, 0.15) is 27.9 Å². The maximum absolute atomic E-state index is 12.5. The molecule has 0 radical (unpaired) electrons. The molecule has 11 nitrogen and oxygen atoms in total. The topological polar surface area (TPSA) is 139 Å². The number of aromatic nitrogens is 1. The van der Waals surface area contributed by atoms with Gasteiger partial charge in [0.25, 0.3) is 5.69 Å². The number of fused-ring (bicyclic) bond motifs is 1.